The van der Waals surface area contributed by atoms with Gasteiger partial charge in [-0.05, 0) is 45.2 Å². The van der Waals surface area contributed by atoms with Crippen LogP contribution in [0.3, 0.4) is 0 Å². The number of rotatable bonds is 4. The lowest BCUT2D eigenvalue weighted by molar-refractivity contribution is -0.00850. The Hall–Kier alpha value is -1.62. The van der Waals surface area contributed by atoms with E-state index in [-0.39, 0.29) is 29.5 Å². The number of aromatic nitrogens is 1. The first-order valence-electron chi connectivity index (χ1n) is 7.16. The van der Waals surface area contributed by atoms with Crippen LogP contribution in [0.4, 0.5) is 0 Å². The van der Waals surface area contributed by atoms with Gasteiger partial charge in [-0.2, -0.15) is 0 Å². The maximum atomic E-state index is 12.5. The minimum absolute atomic E-state index is 0.0365. The van der Waals surface area contributed by atoms with E-state index in [1.165, 1.54) is 12.3 Å². The van der Waals surface area contributed by atoms with Crippen molar-refractivity contribution in [2.45, 2.75) is 45.3 Å². The molecule has 5 heteroatoms. The fourth-order valence-electron chi connectivity index (χ4n) is 2.40. The molecule has 1 aromatic heterocycles. The van der Waals surface area contributed by atoms with Gasteiger partial charge in [0.25, 0.3) is 5.91 Å². The van der Waals surface area contributed by atoms with Gasteiger partial charge in [-0.3, -0.25) is 4.79 Å². The van der Waals surface area contributed by atoms with Crippen molar-refractivity contribution in [1.29, 1.82) is 0 Å². The van der Waals surface area contributed by atoms with Gasteiger partial charge >= 0.3 is 0 Å². The third kappa shape index (κ3) is 3.48. The number of nitrogens with zero attached hydrogens (tertiary/aromatic N) is 2. The highest BCUT2D eigenvalue weighted by atomic mass is 16.5. The van der Waals surface area contributed by atoms with Crippen molar-refractivity contribution in [3.05, 3.63) is 24.0 Å². The Morgan fingerprint density at radius 3 is 2.95 bits per heavy atom. The van der Waals surface area contributed by atoms with Crippen LogP contribution in [0.2, 0.25) is 0 Å². The standard InChI is InChI=1S/C15H22N2O3/c1-11(2)17(10-12-6-3-4-9-20-12)15(19)14-13(18)7-5-8-16-14/h5,7-8,11-12,18H,3-4,6,9-10H2,1-2H3. The SMILES string of the molecule is CC(C)N(CC1CCCCO1)C(=O)c1ncccc1O. The molecule has 0 aliphatic carbocycles. The molecule has 110 valence electrons. The maximum Gasteiger partial charge on any atom is 0.276 e. The first-order chi connectivity index (χ1) is 9.59. The predicted molar refractivity (Wildman–Crippen MR) is 75.7 cm³/mol. The molecular weight excluding hydrogens is 256 g/mol. The van der Waals surface area contributed by atoms with Crippen LogP contribution in [-0.2, 0) is 4.74 Å². The van der Waals surface area contributed by atoms with Crippen LogP contribution >= 0.6 is 0 Å². The minimum atomic E-state index is -0.243. The van der Waals surface area contributed by atoms with Crippen molar-refractivity contribution in [2.75, 3.05) is 13.2 Å². The zero-order chi connectivity index (χ0) is 14.5. The maximum absolute atomic E-state index is 12.5. The van der Waals surface area contributed by atoms with Crippen molar-refractivity contribution in [3.63, 3.8) is 0 Å². The van der Waals surface area contributed by atoms with E-state index >= 15 is 0 Å². The highest BCUT2D eigenvalue weighted by molar-refractivity contribution is 5.95. The molecule has 0 spiro atoms. The monoisotopic (exact) mass is 278 g/mol. The second-order valence-electron chi connectivity index (χ2n) is 5.41. The van der Waals surface area contributed by atoms with Crippen LogP contribution in [0.1, 0.15) is 43.6 Å². The van der Waals surface area contributed by atoms with E-state index in [4.69, 9.17) is 4.74 Å². The molecule has 1 aliphatic rings. The average Bonchev–Trinajstić information content (AvgIpc) is 2.45. The highest BCUT2D eigenvalue weighted by Crippen LogP contribution is 2.19. The van der Waals surface area contributed by atoms with E-state index in [2.05, 4.69) is 4.98 Å². The molecule has 1 unspecified atom stereocenters. The summed E-state index contributed by atoms with van der Waals surface area (Å²) in [7, 11) is 0. The lowest BCUT2D eigenvalue weighted by Crippen LogP contribution is -2.44. The van der Waals surface area contributed by atoms with Crippen LogP contribution < -0.4 is 0 Å². The first-order valence-corrected chi connectivity index (χ1v) is 7.16. The average molecular weight is 278 g/mol. The molecule has 1 aliphatic heterocycles. The number of amides is 1. The number of aromatic hydroxyl groups is 1. The molecule has 1 fully saturated rings. The number of ether oxygens (including phenoxy) is 1. The minimum Gasteiger partial charge on any atom is -0.505 e. The molecular formula is C15H22N2O3. The van der Waals surface area contributed by atoms with Gasteiger partial charge in [0, 0.05) is 25.4 Å². The van der Waals surface area contributed by atoms with Gasteiger partial charge in [0.1, 0.15) is 5.75 Å². The van der Waals surface area contributed by atoms with Crippen molar-refractivity contribution >= 4 is 5.91 Å². The lowest BCUT2D eigenvalue weighted by atomic mass is 10.1. The van der Waals surface area contributed by atoms with Crippen LogP contribution in [-0.4, -0.2) is 46.2 Å². The van der Waals surface area contributed by atoms with Gasteiger partial charge in [-0.25, -0.2) is 4.98 Å². The third-order valence-electron chi connectivity index (χ3n) is 3.55. The van der Waals surface area contributed by atoms with Crippen molar-refractivity contribution in [3.8, 4) is 5.75 Å². The Bertz CT molecular complexity index is 456. The quantitative estimate of drug-likeness (QED) is 0.917. The molecule has 0 bridgehead atoms. The number of hydrogen-bond donors (Lipinski definition) is 1. The zero-order valence-corrected chi connectivity index (χ0v) is 12.1. The molecule has 1 N–H and O–H groups in total. The molecule has 2 heterocycles. The molecule has 1 saturated heterocycles. The van der Waals surface area contributed by atoms with Gasteiger partial charge in [0.15, 0.2) is 5.69 Å². The fraction of sp³-hybridized carbons (Fsp3) is 0.600. The summed E-state index contributed by atoms with van der Waals surface area (Å²) in [6.07, 6.45) is 4.81. The lowest BCUT2D eigenvalue weighted by Gasteiger charge is -2.32. The van der Waals surface area contributed by atoms with E-state index in [0.29, 0.717) is 6.54 Å². The summed E-state index contributed by atoms with van der Waals surface area (Å²) in [5, 5.41) is 9.78. The van der Waals surface area contributed by atoms with E-state index in [1.54, 1.807) is 11.0 Å². The number of hydrogen-bond acceptors (Lipinski definition) is 4. The van der Waals surface area contributed by atoms with E-state index in [9.17, 15) is 9.90 Å². The summed E-state index contributed by atoms with van der Waals surface area (Å²) in [4.78, 5) is 18.2. The van der Waals surface area contributed by atoms with E-state index in [1.807, 2.05) is 13.8 Å². The van der Waals surface area contributed by atoms with Crippen molar-refractivity contribution in [2.24, 2.45) is 0 Å². The summed E-state index contributed by atoms with van der Waals surface area (Å²) < 4.78 is 5.70. The molecule has 5 nitrogen and oxygen atoms in total. The summed E-state index contributed by atoms with van der Waals surface area (Å²) in [5.74, 6) is -0.319. The Balaban J connectivity index is 2.11. The normalized spacial score (nSPS) is 19.1. The predicted octanol–water partition coefficient (Wildman–Crippen LogP) is 2.21. The Morgan fingerprint density at radius 2 is 2.35 bits per heavy atom. The number of pyridine rings is 1. The Morgan fingerprint density at radius 1 is 1.55 bits per heavy atom. The van der Waals surface area contributed by atoms with Crippen LogP contribution in [0.5, 0.6) is 5.75 Å². The molecule has 0 radical (unpaired) electrons. The molecule has 20 heavy (non-hydrogen) atoms. The summed E-state index contributed by atoms with van der Waals surface area (Å²) in [5.41, 5.74) is 0.108. The zero-order valence-electron chi connectivity index (χ0n) is 12.1. The topological polar surface area (TPSA) is 62.7 Å². The van der Waals surface area contributed by atoms with E-state index < -0.39 is 0 Å². The van der Waals surface area contributed by atoms with E-state index in [0.717, 1.165) is 25.9 Å². The molecule has 0 aromatic carbocycles. The number of carbonyl (C=O) groups excluding carboxylic acids is 1. The summed E-state index contributed by atoms with van der Waals surface area (Å²) in [6, 6.07) is 3.13. The van der Waals surface area contributed by atoms with Gasteiger partial charge in [0.05, 0.1) is 6.10 Å². The molecule has 0 saturated carbocycles. The van der Waals surface area contributed by atoms with Crippen LogP contribution in [0, 0.1) is 0 Å². The van der Waals surface area contributed by atoms with Gasteiger partial charge in [-0.1, -0.05) is 0 Å². The second-order valence-corrected chi connectivity index (χ2v) is 5.41. The largest absolute Gasteiger partial charge is 0.505 e. The molecule has 2 rings (SSSR count). The van der Waals surface area contributed by atoms with Gasteiger partial charge in [0.2, 0.25) is 0 Å². The smallest absolute Gasteiger partial charge is 0.276 e. The molecule has 1 amide bonds. The Labute approximate surface area is 119 Å². The number of carbonyl (C=O) groups is 1. The molecule has 1 aromatic rings. The van der Waals surface area contributed by atoms with Crippen molar-refractivity contribution in [1.82, 2.24) is 9.88 Å². The summed E-state index contributed by atoms with van der Waals surface area (Å²) >= 11 is 0. The fourth-order valence-corrected chi connectivity index (χ4v) is 2.40. The first kappa shape index (κ1) is 14.8. The van der Waals surface area contributed by atoms with Gasteiger partial charge in [-0.15, -0.1) is 0 Å². The van der Waals surface area contributed by atoms with Crippen molar-refractivity contribution < 1.29 is 14.6 Å². The van der Waals surface area contributed by atoms with Crippen LogP contribution in [0.25, 0.3) is 0 Å². The third-order valence-corrected chi connectivity index (χ3v) is 3.55. The Kier molecular flexibility index (Phi) is 4.95. The highest BCUT2D eigenvalue weighted by Gasteiger charge is 2.26. The summed E-state index contributed by atoms with van der Waals surface area (Å²) in [6.45, 7) is 5.23. The van der Waals surface area contributed by atoms with Gasteiger partial charge < -0.3 is 14.7 Å². The second kappa shape index (κ2) is 6.70. The molecule has 1 atom stereocenters. The van der Waals surface area contributed by atoms with Crippen LogP contribution in [0.15, 0.2) is 18.3 Å².